The minimum absolute atomic E-state index is 0.284. The molecule has 1 nitrogen and oxygen atoms in total. The second kappa shape index (κ2) is 5.47. The van der Waals surface area contributed by atoms with E-state index in [1.807, 2.05) is 7.05 Å². The SMILES string of the molecule is CCC(NC)C(C)c1ccc(F)cc1Cl. The van der Waals surface area contributed by atoms with Crippen molar-refractivity contribution in [1.29, 1.82) is 0 Å². The summed E-state index contributed by atoms with van der Waals surface area (Å²) in [6, 6.07) is 4.96. The molecular weight excluding hydrogens is 213 g/mol. The molecule has 0 heterocycles. The zero-order chi connectivity index (χ0) is 11.4. The normalized spacial score (nSPS) is 15.0. The van der Waals surface area contributed by atoms with Crippen LogP contribution in [0.4, 0.5) is 4.39 Å². The van der Waals surface area contributed by atoms with E-state index in [1.54, 1.807) is 6.07 Å². The molecule has 0 aliphatic carbocycles. The highest BCUT2D eigenvalue weighted by atomic mass is 35.5. The van der Waals surface area contributed by atoms with Gasteiger partial charge in [-0.1, -0.05) is 31.5 Å². The van der Waals surface area contributed by atoms with E-state index >= 15 is 0 Å². The molecule has 0 saturated heterocycles. The minimum atomic E-state index is -0.284. The van der Waals surface area contributed by atoms with Crippen molar-refractivity contribution in [3.8, 4) is 0 Å². The van der Waals surface area contributed by atoms with Gasteiger partial charge in [-0.05, 0) is 37.1 Å². The molecule has 84 valence electrons. The number of hydrogen-bond donors (Lipinski definition) is 1. The summed E-state index contributed by atoms with van der Waals surface area (Å²) in [6.07, 6.45) is 1.02. The van der Waals surface area contributed by atoms with Crippen molar-refractivity contribution in [2.75, 3.05) is 7.05 Å². The van der Waals surface area contributed by atoms with Crippen molar-refractivity contribution in [3.05, 3.63) is 34.6 Å². The molecule has 0 aromatic heterocycles. The first-order valence-electron chi connectivity index (χ1n) is 5.22. The Labute approximate surface area is 95.6 Å². The van der Waals surface area contributed by atoms with Crippen LogP contribution in [0.25, 0.3) is 0 Å². The van der Waals surface area contributed by atoms with E-state index in [0.717, 1.165) is 12.0 Å². The van der Waals surface area contributed by atoms with Gasteiger partial charge in [-0.3, -0.25) is 0 Å². The van der Waals surface area contributed by atoms with Gasteiger partial charge in [-0.2, -0.15) is 0 Å². The fourth-order valence-electron chi connectivity index (χ4n) is 1.90. The fraction of sp³-hybridized carbons (Fsp3) is 0.500. The Morgan fingerprint density at radius 2 is 2.13 bits per heavy atom. The zero-order valence-corrected chi connectivity index (χ0v) is 10.1. The Balaban J connectivity index is 2.94. The first kappa shape index (κ1) is 12.5. The third-order valence-electron chi connectivity index (χ3n) is 2.87. The molecule has 2 unspecified atom stereocenters. The van der Waals surface area contributed by atoms with Gasteiger partial charge in [-0.25, -0.2) is 4.39 Å². The fourth-order valence-corrected chi connectivity index (χ4v) is 2.23. The van der Waals surface area contributed by atoms with Gasteiger partial charge in [0.25, 0.3) is 0 Å². The van der Waals surface area contributed by atoms with Crippen LogP contribution in [0, 0.1) is 5.82 Å². The lowest BCUT2D eigenvalue weighted by molar-refractivity contribution is 0.472. The van der Waals surface area contributed by atoms with Crippen LogP contribution in [0.3, 0.4) is 0 Å². The van der Waals surface area contributed by atoms with Gasteiger partial charge < -0.3 is 5.32 Å². The topological polar surface area (TPSA) is 12.0 Å². The molecule has 15 heavy (non-hydrogen) atoms. The second-order valence-corrected chi connectivity index (χ2v) is 4.17. The zero-order valence-electron chi connectivity index (χ0n) is 9.35. The van der Waals surface area contributed by atoms with Crippen molar-refractivity contribution < 1.29 is 4.39 Å². The molecule has 1 aromatic carbocycles. The molecule has 3 heteroatoms. The van der Waals surface area contributed by atoms with Crippen molar-refractivity contribution in [1.82, 2.24) is 5.32 Å². The Bertz CT molecular complexity index is 323. The monoisotopic (exact) mass is 229 g/mol. The predicted molar refractivity (Wildman–Crippen MR) is 63.0 cm³/mol. The van der Waals surface area contributed by atoms with Crippen molar-refractivity contribution in [2.45, 2.75) is 32.2 Å². The van der Waals surface area contributed by atoms with E-state index < -0.39 is 0 Å². The Hall–Kier alpha value is -0.600. The van der Waals surface area contributed by atoms with E-state index in [0.29, 0.717) is 11.1 Å². The molecule has 1 aromatic rings. The lowest BCUT2D eigenvalue weighted by atomic mass is 9.92. The summed E-state index contributed by atoms with van der Waals surface area (Å²) >= 11 is 6.01. The van der Waals surface area contributed by atoms with Crippen LogP contribution in [-0.4, -0.2) is 13.1 Å². The third kappa shape index (κ3) is 2.93. The lowest BCUT2D eigenvalue weighted by Crippen LogP contribution is -2.30. The molecule has 0 amide bonds. The maximum absolute atomic E-state index is 12.9. The van der Waals surface area contributed by atoms with Crippen LogP contribution in [0.2, 0.25) is 5.02 Å². The summed E-state index contributed by atoms with van der Waals surface area (Å²) in [4.78, 5) is 0. The van der Waals surface area contributed by atoms with Gasteiger partial charge in [0.05, 0.1) is 0 Å². The van der Waals surface area contributed by atoms with Gasteiger partial charge in [0.2, 0.25) is 0 Å². The molecule has 0 spiro atoms. The van der Waals surface area contributed by atoms with Crippen LogP contribution in [0.1, 0.15) is 31.7 Å². The van der Waals surface area contributed by atoms with Crippen LogP contribution < -0.4 is 5.32 Å². The maximum Gasteiger partial charge on any atom is 0.124 e. The van der Waals surface area contributed by atoms with E-state index in [9.17, 15) is 4.39 Å². The molecule has 0 saturated carbocycles. The predicted octanol–water partition coefficient (Wildman–Crippen LogP) is 3.58. The largest absolute Gasteiger partial charge is 0.316 e. The Kier molecular flexibility index (Phi) is 4.55. The van der Waals surface area contributed by atoms with Crippen molar-refractivity contribution in [2.24, 2.45) is 0 Å². The Morgan fingerprint density at radius 3 is 2.60 bits per heavy atom. The highest BCUT2D eigenvalue weighted by Crippen LogP contribution is 2.28. The first-order valence-corrected chi connectivity index (χ1v) is 5.60. The molecule has 0 aliphatic rings. The number of halogens is 2. The molecule has 1 rings (SSSR count). The van der Waals surface area contributed by atoms with E-state index in [4.69, 9.17) is 11.6 Å². The van der Waals surface area contributed by atoms with Crippen LogP contribution in [-0.2, 0) is 0 Å². The van der Waals surface area contributed by atoms with Gasteiger partial charge in [0.1, 0.15) is 5.82 Å². The molecule has 0 aliphatic heterocycles. The second-order valence-electron chi connectivity index (χ2n) is 3.76. The molecule has 0 radical (unpaired) electrons. The van der Waals surface area contributed by atoms with Gasteiger partial charge >= 0.3 is 0 Å². The summed E-state index contributed by atoms with van der Waals surface area (Å²) < 4.78 is 12.9. The molecule has 1 N–H and O–H groups in total. The van der Waals surface area contributed by atoms with Crippen molar-refractivity contribution >= 4 is 11.6 Å². The van der Waals surface area contributed by atoms with E-state index in [-0.39, 0.29) is 11.7 Å². The molecule has 0 bridgehead atoms. The summed E-state index contributed by atoms with van der Waals surface area (Å²) in [5.74, 6) is 0.00144. The number of nitrogens with one attached hydrogen (secondary N) is 1. The molecular formula is C12H17ClFN. The van der Waals surface area contributed by atoms with Gasteiger partial charge in [-0.15, -0.1) is 0 Å². The molecule has 0 fully saturated rings. The average Bonchev–Trinajstić information content (AvgIpc) is 2.19. The average molecular weight is 230 g/mol. The summed E-state index contributed by atoms with van der Waals surface area (Å²) in [7, 11) is 1.93. The first-order chi connectivity index (χ1) is 7.10. The summed E-state index contributed by atoms with van der Waals surface area (Å²) in [6.45, 7) is 4.22. The highest BCUT2D eigenvalue weighted by Gasteiger charge is 2.17. The van der Waals surface area contributed by atoms with Crippen LogP contribution in [0.5, 0.6) is 0 Å². The number of hydrogen-bond acceptors (Lipinski definition) is 1. The minimum Gasteiger partial charge on any atom is -0.316 e. The van der Waals surface area contributed by atoms with Crippen LogP contribution in [0.15, 0.2) is 18.2 Å². The molecule has 2 atom stereocenters. The number of likely N-dealkylation sites (N-methyl/N-ethyl adjacent to an activating group) is 1. The van der Waals surface area contributed by atoms with E-state index in [1.165, 1.54) is 12.1 Å². The number of benzene rings is 1. The quantitative estimate of drug-likeness (QED) is 0.832. The van der Waals surface area contributed by atoms with E-state index in [2.05, 4.69) is 19.2 Å². The van der Waals surface area contributed by atoms with Gasteiger partial charge in [0.15, 0.2) is 0 Å². The lowest BCUT2D eigenvalue weighted by Gasteiger charge is -2.23. The number of rotatable bonds is 4. The standard InChI is InChI=1S/C12H17ClFN/c1-4-12(15-3)8(2)10-6-5-9(14)7-11(10)13/h5-8,12,15H,4H2,1-3H3. The Morgan fingerprint density at radius 1 is 1.47 bits per heavy atom. The third-order valence-corrected chi connectivity index (χ3v) is 3.19. The maximum atomic E-state index is 12.9. The smallest absolute Gasteiger partial charge is 0.124 e. The summed E-state index contributed by atoms with van der Waals surface area (Å²) in [5, 5.41) is 3.75. The van der Waals surface area contributed by atoms with Gasteiger partial charge in [0, 0.05) is 11.1 Å². The highest BCUT2D eigenvalue weighted by molar-refractivity contribution is 6.31. The van der Waals surface area contributed by atoms with Crippen LogP contribution >= 0.6 is 11.6 Å². The van der Waals surface area contributed by atoms with Crippen molar-refractivity contribution in [3.63, 3.8) is 0 Å². The summed E-state index contributed by atoms with van der Waals surface area (Å²) in [5.41, 5.74) is 0.999.